The van der Waals surface area contributed by atoms with Crippen LogP contribution in [0, 0.1) is 0 Å². The highest BCUT2D eigenvalue weighted by atomic mass is 16.5. The van der Waals surface area contributed by atoms with Crippen molar-refractivity contribution in [1.29, 1.82) is 0 Å². The Balaban J connectivity index is 1.96. The molecule has 0 unspecified atom stereocenters. The van der Waals surface area contributed by atoms with E-state index >= 15 is 0 Å². The third-order valence-corrected chi connectivity index (χ3v) is 2.74. The summed E-state index contributed by atoms with van der Waals surface area (Å²) in [6, 6.07) is 5.04. The van der Waals surface area contributed by atoms with Crippen molar-refractivity contribution in [2.75, 3.05) is 20.2 Å². The molecule has 0 saturated heterocycles. The molecule has 2 rings (SSSR count). The van der Waals surface area contributed by atoms with Crippen molar-refractivity contribution < 1.29 is 9.84 Å². The van der Waals surface area contributed by atoms with Crippen LogP contribution in [0.5, 0.6) is 11.5 Å². The number of phenolic OH excluding ortho intramolecular Hbond substituents is 1. The Kier molecular flexibility index (Phi) is 4.60. The molecule has 0 saturated carbocycles. The van der Waals surface area contributed by atoms with Crippen LogP contribution in [-0.4, -0.2) is 37.5 Å². The maximum Gasteiger partial charge on any atom is 0.212 e. The van der Waals surface area contributed by atoms with Gasteiger partial charge in [0.1, 0.15) is 0 Å². The molecule has 6 nitrogen and oxygen atoms in total. The van der Waals surface area contributed by atoms with Crippen LogP contribution in [0.25, 0.3) is 0 Å². The van der Waals surface area contributed by atoms with E-state index in [0.717, 1.165) is 31.5 Å². The highest BCUT2D eigenvalue weighted by Crippen LogP contribution is 2.25. The zero-order chi connectivity index (χ0) is 13.5. The summed E-state index contributed by atoms with van der Waals surface area (Å²) in [7, 11) is 1.51. The Labute approximate surface area is 112 Å². The molecule has 1 aliphatic rings. The van der Waals surface area contributed by atoms with Gasteiger partial charge in [-0.2, -0.15) is 5.10 Å². The first-order valence-electron chi connectivity index (χ1n) is 6.24. The molecule has 3 N–H and O–H groups in total. The van der Waals surface area contributed by atoms with E-state index in [-0.39, 0.29) is 5.75 Å². The van der Waals surface area contributed by atoms with Gasteiger partial charge < -0.3 is 15.2 Å². The lowest BCUT2D eigenvalue weighted by Gasteiger charge is -2.05. The fourth-order valence-electron chi connectivity index (χ4n) is 1.71. The number of hydrogen-bond donors (Lipinski definition) is 3. The summed E-state index contributed by atoms with van der Waals surface area (Å²) >= 11 is 0. The van der Waals surface area contributed by atoms with Crippen molar-refractivity contribution >= 4 is 12.2 Å². The lowest BCUT2D eigenvalue weighted by atomic mass is 10.2. The molecule has 0 atom stereocenters. The van der Waals surface area contributed by atoms with E-state index < -0.39 is 0 Å². The van der Waals surface area contributed by atoms with Gasteiger partial charge in [-0.1, -0.05) is 0 Å². The Morgan fingerprint density at radius 1 is 1.47 bits per heavy atom. The summed E-state index contributed by atoms with van der Waals surface area (Å²) in [5.41, 5.74) is 3.70. The zero-order valence-corrected chi connectivity index (χ0v) is 10.9. The van der Waals surface area contributed by atoms with Crippen molar-refractivity contribution in [3.63, 3.8) is 0 Å². The number of benzene rings is 1. The van der Waals surface area contributed by atoms with Crippen LogP contribution in [0.15, 0.2) is 28.3 Å². The summed E-state index contributed by atoms with van der Waals surface area (Å²) in [4.78, 5) is 4.32. The van der Waals surface area contributed by atoms with E-state index in [1.165, 1.54) is 7.11 Å². The van der Waals surface area contributed by atoms with Gasteiger partial charge >= 0.3 is 0 Å². The minimum Gasteiger partial charge on any atom is -0.504 e. The SMILES string of the molecule is COc1cc(/C=N\NC2=NCCCCN2)ccc1O. The van der Waals surface area contributed by atoms with E-state index in [9.17, 15) is 5.11 Å². The van der Waals surface area contributed by atoms with Gasteiger partial charge in [0.2, 0.25) is 5.96 Å². The molecule has 6 heteroatoms. The largest absolute Gasteiger partial charge is 0.504 e. The maximum absolute atomic E-state index is 9.48. The first kappa shape index (κ1) is 13.2. The standard InChI is InChI=1S/C13H18N4O2/c1-19-12-8-10(4-5-11(12)18)9-16-17-13-14-6-2-3-7-15-13/h4-5,8-9,18H,2-3,6-7H2,1H3,(H2,14,15,17)/b16-9-. The summed E-state index contributed by atoms with van der Waals surface area (Å²) in [6.07, 6.45) is 3.86. The monoisotopic (exact) mass is 262 g/mol. The van der Waals surface area contributed by atoms with Gasteiger partial charge in [-0.3, -0.25) is 4.99 Å². The van der Waals surface area contributed by atoms with E-state index in [0.29, 0.717) is 11.7 Å². The number of guanidine groups is 1. The normalized spacial score (nSPS) is 15.5. The molecule has 102 valence electrons. The van der Waals surface area contributed by atoms with Crippen LogP contribution in [-0.2, 0) is 0 Å². The lowest BCUT2D eigenvalue weighted by molar-refractivity contribution is 0.373. The van der Waals surface area contributed by atoms with Crippen LogP contribution in [0.1, 0.15) is 18.4 Å². The molecule has 0 spiro atoms. The number of hydrogen-bond acceptors (Lipinski definition) is 6. The summed E-state index contributed by atoms with van der Waals surface area (Å²) in [6.45, 7) is 1.73. The summed E-state index contributed by atoms with van der Waals surface area (Å²) < 4.78 is 5.03. The second-order valence-corrected chi connectivity index (χ2v) is 4.17. The third-order valence-electron chi connectivity index (χ3n) is 2.74. The molecular weight excluding hydrogens is 244 g/mol. The molecule has 1 aromatic carbocycles. The number of hydrazone groups is 1. The molecule has 1 aromatic rings. The van der Waals surface area contributed by atoms with Gasteiger partial charge in [0.05, 0.1) is 13.3 Å². The number of rotatable bonds is 3. The smallest absolute Gasteiger partial charge is 0.212 e. The van der Waals surface area contributed by atoms with E-state index in [2.05, 4.69) is 20.8 Å². The molecule has 0 amide bonds. The number of aliphatic imine (C=N–C) groups is 1. The number of aromatic hydroxyl groups is 1. The lowest BCUT2D eigenvalue weighted by Crippen LogP contribution is -2.33. The molecule has 0 radical (unpaired) electrons. The second-order valence-electron chi connectivity index (χ2n) is 4.17. The van der Waals surface area contributed by atoms with Crippen molar-refractivity contribution in [3.8, 4) is 11.5 Å². The Bertz CT molecular complexity index is 486. The quantitative estimate of drug-likeness (QED) is 0.562. The number of nitrogens with zero attached hydrogens (tertiary/aromatic N) is 2. The average Bonchev–Trinajstić information content (AvgIpc) is 2.69. The van der Waals surface area contributed by atoms with Crippen molar-refractivity contribution in [1.82, 2.24) is 10.7 Å². The topological polar surface area (TPSA) is 78.2 Å². The van der Waals surface area contributed by atoms with Gasteiger partial charge in [-0.05, 0) is 36.6 Å². The van der Waals surface area contributed by atoms with E-state index in [4.69, 9.17) is 4.74 Å². The molecule has 1 heterocycles. The minimum atomic E-state index is 0.113. The van der Waals surface area contributed by atoms with Crippen molar-refractivity contribution in [2.24, 2.45) is 10.1 Å². The fourth-order valence-corrected chi connectivity index (χ4v) is 1.71. The third kappa shape index (κ3) is 3.87. The van der Waals surface area contributed by atoms with Crippen LogP contribution in [0.3, 0.4) is 0 Å². The van der Waals surface area contributed by atoms with E-state index in [1.54, 1.807) is 24.4 Å². The van der Waals surface area contributed by atoms with Crippen molar-refractivity contribution in [3.05, 3.63) is 23.8 Å². The Hall–Kier alpha value is -2.24. The number of methoxy groups -OCH3 is 1. The average molecular weight is 262 g/mol. The van der Waals surface area contributed by atoms with Gasteiger partial charge in [0.15, 0.2) is 11.5 Å². The van der Waals surface area contributed by atoms with E-state index in [1.807, 2.05) is 0 Å². The van der Waals surface area contributed by atoms with Crippen molar-refractivity contribution in [2.45, 2.75) is 12.8 Å². The highest BCUT2D eigenvalue weighted by Gasteiger charge is 2.02. The molecule has 0 aliphatic carbocycles. The van der Waals surface area contributed by atoms with Gasteiger partial charge in [0, 0.05) is 13.1 Å². The molecular formula is C13H18N4O2. The summed E-state index contributed by atoms with van der Waals surface area (Å²) in [5, 5.41) is 16.7. The number of ether oxygens (including phenoxy) is 1. The molecule has 19 heavy (non-hydrogen) atoms. The predicted molar refractivity (Wildman–Crippen MR) is 74.9 cm³/mol. The van der Waals surface area contributed by atoms with Crippen LogP contribution in [0.2, 0.25) is 0 Å². The Morgan fingerprint density at radius 2 is 2.37 bits per heavy atom. The fraction of sp³-hybridized carbons (Fsp3) is 0.385. The van der Waals surface area contributed by atoms with Gasteiger partial charge in [-0.15, -0.1) is 0 Å². The number of nitrogens with one attached hydrogen (secondary N) is 2. The highest BCUT2D eigenvalue weighted by molar-refractivity contribution is 5.84. The maximum atomic E-state index is 9.48. The predicted octanol–water partition coefficient (Wildman–Crippen LogP) is 1.06. The van der Waals surface area contributed by atoms with Gasteiger partial charge in [0.25, 0.3) is 0 Å². The van der Waals surface area contributed by atoms with Crippen LogP contribution in [0.4, 0.5) is 0 Å². The molecule has 1 aliphatic heterocycles. The van der Waals surface area contributed by atoms with Gasteiger partial charge in [-0.25, -0.2) is 5.43 Å². The molecule has 0 fully saturated rings. The van der Waals surface area contributed by atoms with Crippen LogP contribution >= 0.6 is 0 Å². The first-order valence-corrected chi connectivity index (χ1v) is 6.24. The second kappa shape index (κ2) is 6.63. The van der Waals surface area contributed by atoms with Crippen LogP contribution < -0.4 is 15.5 Å². The molecule has 0 aromatic heterocycles. The zero-order valence-electron chi connectivity index (χ0n) is 10.9. The summed E-state index contributed by atoms with van der Waals surface area (Å²) in [5.74, 6) is 1.23. The molecule has 0 bridgehead atoms. The first-order chi connectivity index (χ1) is 9.29. The number of phenols is 1. The minimum absolute atomic E-state index is 0.113. The Morgan fingerprint density at radius 3 is 3.21 bits per heavy atom.